The largest absolute Gasteiger partial charge is 0.366 e. The van der Waals surface area contributed by atoms with Gasteiger partial charge in [0.1, 0.15) is 0 Å². The number of carbonyl (C=O) groups excluding carboxylic acids is 1. The number of aromatic nitrogens is 4. The molecule has 7 heteroatoms. The highest BCUT2D eigenvalue weighted by Gasteiger charge is 2.26. The van der Waals surface area contributed by atoms with Gasteiger partial charge >= 0.3 is 0 Å². The molecule has 1 fully saturated rings. The van der Waals surface area contributed by atoms with Gasteiger partial charge in [-0.3, -0.25) is 9.89 Å². The number of hydrogen-bond acceptors (Lipinski definition) is 4. The highest BCUT2D eigenvalue weighted by Crippen LogP contribution is 2.29. The van der Waals surface area contributed by atoms with Gasteiger partial charge in [-0.1, -0.05) is 18.2 Å². The van der Waals surface area contributed by atoms with Crippen molar-refractivity contribution >= 4 is 33.7 Å². The number of amides is 1. The second-order valence-electron chi connectivity index (χ2n) is 8.72. The molecule has 4 heterocycles. The Morgan fingerprint density at radius 3 is 2.97 bits per heavy atom. The van der Waals surface area contributed by atoms with Crippen LogP contribution in [0.5, 0.6) is 0 Å². The van der Waals surface area contributed by atoms with Crippen LogP contribution < -0.4 is 5.32 Å². The molecule has 0 aliphatic carbocycles. The fourth-order valence-electron chi connectivity index (χ4n) is 4.53. The number of carbonyl (C=O) groups is 1. The lowest BCUT2D eigenvalue weighted by molar-refractivity contribution is -0.131. The van der Waals surface area contributed by atoms with Crippen molar-refractivity contribution in [1.29, 1.82) is 0 Å². The van der Waals surface area contributed by atoms with Crippen molar-refractivity contribution in [2.75, 3.05) is 18.4 Å². The van der Waals surface area contributed by atoms with E-state index in [-0.39, 0.29) is 11.8 Å². The summed E-state index contributed by atoms with van der Waals surface area (Å²) in [5, 5.41) is 12.9. The van der Waals surface area contributed by atoms with Crippen LogP contribution in [0.1, 0.15) is 43.9 Å². The Kier molecular flexibility index (Phi) is 5.10. The molecule has 1 aromatic carbocycles. The van der Waals surface area contributed by atoms with Crippen molar-refractivity contribution in [3.63, 3.8) is 0 Å². The molecule has 0 radical (unpaired) electrons. The van der Waals surface area contributed by atoms with Crippen LogP contribution in [0.2, 0.25) is 0 Å². The molecule has 3 N–H and O–H groups in total. The van der Waals surface area contributed by atoms with Crippen molar-refractivity contribution in [3.8, 4) is 0 Å². The number of rotatable bonds is 5. The Morgan fingerprint density at radius 1 is 1.23 bits per heavy atom. The first-order chi connectivity index (χ1) is 15.1. The Balaban J connectivity index is 1.31. The van der Waals surface area contributed by atoms with Gasteiger partial charge in [-0.2, -0.15) is 5.10 Å². The van der Waals surface area contributed by atoms with E-state index in [9.17, 15) is 4.79 Å². The van der Waals surface area contributed by atoms with E-state index in [2.05, 4.69) is 52.5 Å². The average Bonchev–Trinajstić information content (AvgIpc) is 3.37. The number of benzene rings is 1. The molecule has 1 amide bonds. The molecule has 1 atom stereocenters. The maximum atomic E-state index is 13.1. The minimum Gasteiger partial charge on any atom is -0.366 e. The fourth-order valence-corrected chi connectivity index (χ4v) is 4.53. The van der Waals surface area contributed by atoms with Gasteiger partial charge < -0.3 is 15.2 Å². The number of para-hydroxylation sites is 1. The summed E-state index contributed by atoms with van der Waals surface area (Å²) in [6.07, 6.45) is 4.42. The minimum absolute atomic E-state index is 0.181. The maximum absolute atomic E-state index is 13.1. The van der Waals surface area contributed by atoms with E-state index >= 15 is 0 Å². The number of anilines is 1. The number of fused-ring (bicyclic) bond motifs is 2. The summed E-state index contributed by atoms with van der Waals surface area (Å²) in [5.74, 6) is 1.26. The summed E-state index contributed by atoms with van der Waals surface area (Å²) < 4.78 is 0. The SMILES string of the molecule is CC(C)Nc1n[nH]c2nc(C3CCCN(C(=O)Cc4c[nH]c5ccccc45)C3)ccc12. The lowest BCUT2D eigenvalue weighted by atomic mass is 9.93. The number of H-pyrrole nitrogens is 2. The van der Waals surface area contributed by atoms with Crippen LogP contribution in [-0.4, -0.2) is 50.1 Å². The van der Waals surface area contributed by atoms with E-state index < -0.39 is 0 Å². The molecule has 1 aliphatic rings. The molecule has 1 unspecified atom stereocenters. The van der Waals surface area contributed by atoms with Gasteiger partial charge in [0.2, 0.25) is 5.91 Å². The van der Waals surface area contributed by atoms with Gasteiger partial charge in [0, 0.05) is 47.8 Å². The van der Waals surface area contributed by atoms with Gasteiger partial charge in [0.05, 0.1) is 11.8 Å². The third-order valence-corrected chi connectivity index (χ3v) is 6.08. The topological polar surface area (TPSA) is 89.7 Å². The normalized spacial score (nSPS) is 17.0. The molecule has 0 bridgehead atoms. The predicted molar refractivity (Wildman–Crippen MR) is 123 cm³/mol. The molecule has 1 aliphatic heterocycles. The summed E-state index contributed by atoms with van der Waals surface area (Å²) in [6.45, 7) is 5.70. The lowest BCUT2D eigenvalue weighted by Crippen LogP contribution is -2.40. The van der Waals surface area contributed by atoms with Crippen molar-refractivity contribution in [2.45, 2.75) is 45.1 Å². The molecule has 160 valence electrons. The van der Waals surface area contributed by atoms with Crippen molar-refractivity contribution in [3.05, 3.63) is 53.9 Å². The Labute approximate surface area is 181 Å². The minimum atomic E-state index is 0.181. The quantitative estimate of drug-likeness (QED) is 0.455. The zero-order valence-electron chi connectivity index (χ0n) is 18.0. The van der Waals surface area contributed by atoms with Gasteiger partial charge in [0.15, 0.2) is 11.5 Å². The van der Waals surface area contributed by atoms with Gasteiger partial charge in [-0.05, 0) is 50.5 Å². The predicted octanol–water partition coefficient (Wildman–Crippen LogP) is 4.21. The zero-order chi connectivity index (χ0) is 21.4. The number of piperidine rings is 1. The van der Waals surface area contributed by atoms with Crippen LogP contribution in [0.25, 0.3) is 21.9 Å². The van der Waals surface area contributed by atoms with Gasteiger partial charge in [-0.25, -0.2) is 4.98 Å². The van der Waals surface area contributed by atoms with Crippen molar-refractivity contribution in [2.24, 2.45) is 0 Å². The highest BCUT2D eigenvalue weighted by molar-refractivity contribution is 5.89. The van der Waals surface area contributed by atoms with E-state index in [4.69, 9.17) is 4.98 Å². The van der Waals surface area contributed by atoms with Crippen LogP contribution in [0.15, 0.2) is 42.6 Å². The number of likely N-dealkylation sites (tertiary alicyclic amines) is 1. The molecule has 0 spiro atoms. The first kappa shape index (κ1) is 19.6. The Morgan fingerprint density at radius 2 is 2.10 bits per heavy atom. The second kappa shape index (κ2) is 8.06. The average molecular weight is 417 g/mol. The summed E-state index contributed by atoms with van der Waals surface area (Å²) in [5.41, 5.74) is 3.95. The molecule has 7 nitrogen and oxygen atoms in total. The van der Waals surface area contributed by atoms with Gasteiger partial charge in [0.25, 0.3) is 0 Å². The van der Waals surface area contributed by atoms with Crippen LogP contribution in [0.3, 0.4) is 0 Å². The van der Waals surface area contributed by atoms with Crippen LogP contribution in [-0.2, 0) is 11.2 Å². The monoisotopic (exact) mass is 416 g/mol. The van der Waals surface area contributed by atoms with Gasteiger partial charge in [-0.15, -0.1) is 0 Å². The number of nitrogens with zero attached hydrogens (tertiary/aromatic N) is 3. The van der Waals surface area contributed by atoms with E-state index in [1.807, 2.05) is 29.3 Å². The zero-order valence-corrected chi connectivity index (χ0v) is 18.0. The molecular formula is C24H28N6O. The molecule has 0 saturated carbocycles. The molecule has 5 rings (SSSR count). The molecule has 1 saturated heterocycles. The van der Waals surface area contributed by atoms with E-state index in [0.717, 1.165) is 58.4 Å². The Hall–Kier alpha value is -3.35. The molecule has 4 aromatic rings. The standard InChI is InChI=1S/C24H28N6O/c1-15(2)26-23-19-9-10-20(27-24(19)29-28-23)16-6-5-11-30(14-16)22(31)12-17-13-25-21-8-4-3-7-18(17)21/h3-4,7-10,13,15-16,25H,5-6,11-12,14H2,1-2H3,(H2,26,27,28,29). The summed E-state index contributed by atoms with van der Waals surface area (Å²) in [7, 11) is 0. The number of nitrogens with one attached hydrogen (secondary N) is 3. The number of pyridine rings is 1. The smallest absolute Gasteiger partial charge is 0.227 e. The molecule has 31 heavy (non-hydrogen) atoms. The number of hydrogen-bond donors (Lipinski definition) is 3. The van der Waals surface area contributed by atoms with Crippen LogP contribution in [0.4, 0.5) is 5.82 Å². The van der Waals surface area contributed by atoms with Crippen molar-refractivity contribution in [1.82, 2.24) is 25.1 Å². The summed E-state index contributed by atoms with van der Waals surface area (Å²) in [6, 6.07) is 12.6. The van der Waals surface area contributed by atoms with E-state index in [0.29, 0.717) is 19.0 Å². The summed E-state index contributed by atoms with van der Waals surface area (Å²) >= 11 is 0. The molecule has 3 aromatic heterocycles. The Bertz CT molecular complexity index is 1220. The fraction of sp³-hybridized carbons (Fsp3) is 0.375. The van der Waals surface area contributed by atoms with E-state index in [1.54, 1.807) is 0 Å². The van der Waals surface area contributed by atoms with Crippen LogP contribution >= 0.6 is 0 Å². The first-order valence-corrected chi connectivity index (χ1v) is 11.0. The van der Waals surface area contributed by atoms with E-state index in [1.165, 1.54) is 0 Å². The van der Waals surface area contributed by atoms with Crippen molar-refractivity contribution < 1.29 is 4.79 Å². The highest BCUT2D eigenvalue weighted by atomic mass is 16.2. The molecular weight excluding hydrogens is 388 g/mol. The lowest BCUT2D eigenvalue weighted by Gasteiger charge is -2.32. The second-order valence-corrected chi connectivity index (χ2v) is 8.72. The van der Waals surface area contributed by atoms with Crippen LogP contribution in [0, 0.1) is 0 Å². The third kappa shape index (κ3) is 3.87. The third-order valence-electron chi connectivity index (χ3n) is 6.08. The maximum Gasteiger partial charge on any atom is 0.227 e. The first-order valence-electron chi connectivity index (χ1n) is 11.0. The number of aromatic amines is 2. The summed E-state index contributed by atoms with van der Waals surface area (Å²) in [4.78, 5) is 23.2.